The molecule has 26 heavy (non-hydrogen) atoms. The molecule has 0 fully saturated rings. The number of aryl methyl sites for hydroxylation is 1. The van der Waals surface area contributed by atoms with Crippen molar-refractivity contribution in [1.82, 2.24) is 5.32 Å². The molecule has 0 spiro atoms. The molecule has 6 nitrogen and oxygen atoms in total. The van der Waals surface area contributed by atoms with Crippen LogP contribution in [-0.4, -0.2) is 40.0 Å². The van der Waals surface area contributed by atoms with E-state index < -0.39 is 29.8 Å². The predicted molar refractivity (Wildman–Crippen MR) is 100.0 cm³/mol. The summed E-state index contributed by atoms with van der Waals surface area (Å²) >= 11 is 0. The van der Waals surface area contributed by atoms with E-state index in [2.05, 4.69) is 17.4 Å². The average Bonchev–Trinajstić information content (AvgIpc) is 2.56. The van der Waals surface area contributed by atoms with Crippen molar-refractivity contribution in [3.8, 4) is 0 Å². The molecule has 146 valence electrons. The second-order valence-electron chi connectivity index (χ2n) is 7.54. The van der Waals surface area contributed by atoms with Crippen LogP contribution < -0.4 is 5.32 Å². The number of carbonyl (C=O) groups is 2. The van der Waals surface area contributed by atoms with Gasteiger partial charge < -0.3 is 20.3 Å². The number of amides is 1. The first-order valence-corrected chi connectivity index (χ1v) is 9.06. The number of carboxylic acids is 1. The Morgan fingerprint density at radius 1 is 1.15 bits per heavy atom. The summed E-state index contributed by atoms with van der Waals surface area (Å²) in [5, 5.41) is 21.4. The summed E-state index contributed by atoms with van der Waals surface area (Å²) in [7, 11) is 0. The van der Waals surface area contributed by atoms with E-state index in [0.29, 0.717) is 6.42 Å². The van der Waals surface area contributed by atoms with E-state index in [4.69, 9.17) is 4.74 Å². The third-order valence-corrected chi connectivity index (χ3v) is 4.27. The van der Waals surface area contributed by atoms with Gasteiger partial charge in [-0.2, -0.15) is 0 Å². The van der Waals surface area contributed by atoms with E-state index in [-0.39, 0.29) is 5.92 Å². The zero-order chi connectivity index (χ0) is 19.7. The van der Waals surface area contributed by atoms with Gasteiger partial charge in [-0.25, -0.2) is 9.59 Å². The fourth-order valence-corrected chi connectivity index (χ4v) is 2.66. The summed E-state index contributed by atoms with van der Waals surface area (Å²) in [6.07, 6.45) is 1.47. The van der Waals surface area contributed by atoms with Gasteiger partial charge in [0.1, 0.15) is 5.60 Å². The number of alkyl carbamates (subject to hydrolysis) is 1. The maximum atomic E-state index is 12.0. The van der Waals surface area contributed by atoms with Crippen molar-refractivity contribution >= 4 is 12.1 Å². The summed E-state index contributed by atoms with van der Waals surface area (Å²) in [6, 6.07) is 8.78. The molecule has 0 heterocycles. The lowest BCUT2D eigenvalue weighted by Gasteiger charge is -2.28. The number of carbonyl (C=O) groups excluding carboxylic acids is 1. The fraction of sp³-hybridized carbons (Fsp3) is 0.600. The van der Waals surface area contributed by atoms with Crippen LogP contribution in [0.2, 0.25) is 0 Å². The summed E-state index contributed by atoms with van der Waals surface area (Å²) in [6.45, 7) is 6.96. The Bertz CT molecular complexity index is 571. The molecule has 1 aromatic rings. The molecule has 0 aliphatic rings. The smallest absolute Gasteiger partial charge is 0.408 e. The minimum atomic E-state index is -1.39. The van der Waals surface area contributed by atoms with Crippen LogP contribution in [0.5, 0.6) is 0 Å². The van der Waals surface area contributed by atoms with Crippen molar-refractivity contribution in [2.24, 2.45) is 5.92 Å². The first kappa shape index (κ1) is 22.0. The molecule has 0 saturated carbocycles. The summed E-state index contributed by atoms with van der Waals surface area (Å²) in [4.78, 5) is 23.3. The van der Waals surface area contributed by atoms with Crippen molar-refractivity contribution in [2.75, 3.05) is 0 Å². The van der Waals surface area contributed by atoms with E-state index >= 15 is 0 Å². The Labute approximate surface area is 155 Å². The van der Waals surface area contributed by atoms with Gasteiger partial charge in [-0.15, -0.1) is 0 Å². The highest BCUT2D eigenvalue weighted by Gasteiger charge is 2.32. The SMILES string of the molecule is CC(C)[C@@H](O)[C@@H](NC(=O)OC(C)(C)CCCCc1ccccc1)C(=O)O. The number of hydrogen-bond acceptors (Lipinski definition) is 4. The Morgan fingerprint density at radius 2 is 1.77 bits per heavy atom. The average molecular weight is 365 g/mol. The van der Waals surface area contributed by atoms with Crippen molar-refractivity contribution < 1.29 is 24.5 Å². The van der Waals surface area contributed by atoms with E-state index in [1.807, 2.05) is 18.2 Å². The number of hydrogen-bond donors (Lipinski definition) is 3. The van der Waals surface area contributed by atoms with E-state index in [1.165, 1.54) is 5.56 Å². The van der Waals surface area contributed by atoms with Crippen molar-refractivity contribution in [2.45, 2.75) is 71.1 Å². The van der Waals surface area contributed by atoms with Gasteiger partial charge in [-0.3, -0.25) is 0 Å². The molecule has 3 N–H and O–H groups in total. The molecule has 1 amide bonds. The van der Waals surface area contributed by atoms with Crippen LogP contribution in [0.1, 0.15) is 52.5 Å². The van der Waals surface area contributed by atoms with Crippen molar-refractivity contribution in [3.63, 3.8) is 0 Å². The Balaban J connectivity index is 2.43. The molecule has 0 aliphatic heterocycles. The predicted octanol–water partition coefficient (Wildman–Crippen LogP) is 3.37. The first-order valence-electron chi connectivity index (χ1n) is 9.06. The van der Waals surface area contributed by atoms with Crippen LogP contribution in [0.25, 0.3) is 0 Å². The van der Waals surface area contributed by atoms with Crippen LogP contribution in [0.3, 0.4) is 0 Å². The number of nitrogens with one attached hydrogen (secondary N) is 1. The van der Waals surface area contributed by atoms with Crippen molar-refractivity contribution in [3.05, 3.63) is 35.9 Å². The molecule has 1 aromatic carbocycles. The molecule has 1 rings (SSSR count). The number of aliphatic hydroxyl groups excluding tert-OH is 1. The third-order valence-electron chi connectivity index (χ3n) is 4.27. The third kappa shape index (κ3) is 7.87. The Kier molecular flexibility index (Phi) is 8.58. The van der Waals surface area contributed by atoms with Gasteiger partial charge in [-0.05, 0) is 51.0 Å². The normalized spacial score (nSPS) is 13.9. The van der Waals surface area contributed by atoms with Gasteiger partial charge >= 0.3 is 12.1 Å². The topological polar surface area (TPSA) is 95.9 Å². The highest BCUT2D eigenvalue weighted by atomic mass is 16.6. The molecule has 0 aromatic heterocycles. The van der Waals surface area contributed by atoms with Crippen LogP contribution in [0.4, 0.5) is 4.79 Å². The van der Waals surface area contributed by atoms with E-state index in [9.17, 15) is 19.8 Å². The monoisotopic (exact) mass is 365 g/mol. The number of ether oxygens (including phenoxy) is 1. The number of aliphatic hydroxyl groups is 1. The number of rotatable bonds is 10. The van der Waals surface area contributed by atoms with Crippen LogP contribution >= 0.6 is 0 Å². The standard InChI is InChI=1S/C20H31NO5/c1-14(2)17(22)16(18(23)24)21-19(25)26-20(3,4)13-9-8-12-15-10-6-5-7-11-15/h5-7,10-11,14,16-17,22H,8-9,12-13H2,1-4H3,(H,21,25)(H,23,24)/t16-,17-/m1/s1. The van der Waals surface area contributed by atoms with Crippen LogP contribution in [-0.2, 0) is 16.0 Å². The summed E-state index contributed by atoms with van der Waals surface area (Å²) in [5.74, 6) is -1.59. The maximum absolute atomic E-state index is 12.0. The molecular formula is C20H31NO5. The minimum absolute atomic E-state index is 0.303. The van der Waals surface area contributed by atoms with Gasteiger partial charge in [0, 0.05) is 0 Å². The van der Waals surface area contributed by atoms with Gasteiger partial charge in [0.2, 0.25) is 0 Å². The van der Waals surface area contributed by atoms with Crippen molar-refractivity contribution in [1.29, 1.82) is 0 Å². The summed E-state index contributed by atoms with van der Waals surface area (Å²) in [5.41, 5.74) is 0.558. The Hall–Kier alpha value is -2.08. The van der Waals surface area contributed by atoms with E-state index in [1.54, 1.807) is 27.7 Å². The molecular weight excluding hydrogens is 334 g/mol. The lowest BCUT2D eigenvalue weighted by molar-refractivity contribution is -0.143. The quantitative estimate of drug-likeness (QED) is 0.553. The lowest BCUT2D eigenvalue weighted by atomic mass is 9.98. The molecule has 0 unspecified atom stereocenters. The first-order chi connectivity index (χ1) is 12.1. The number of benzene rings is 1. The molecule has 0 saturated heterocycles. The van der Waals surface area contributed by atoms with Gasteiger partial charge in [0.05, 0.1) is 6.10 Å². The van der Waals surface area contributed by atoms with E-state index in [0.717, 1.165) is 19.3 Å². The molecule has 6 heteroatoms. The highest BCUT2D eigenvalue weighted by Crippen LogP contribution is 2.19. The second kappa shape index (κ2) is 10.2. The minimum Gasteiger partial charge on any atom is -0.480 e. The second-order valence-corrected chi connectivity index (χ2v) is 7.54. The van der Waals surface area contributed by atoms with Gasteiger partial charge in [-0.1, -0.05) is 44.2 Å². The highest BCUT2D eigenvalue weighted by molar-refractivity contribution is 5.80. The molecule has 2 atom stereocenters. The van der Waals surface area contributed by atoms with Gasteiger partial charge in [0.15, 0.2) is 6.04 Å². The maximum Gasteiger partial charge on any atom is 0.408 e. The fourth-order valence-electron chi connectivity index (χ4n) is 2.66. The molecule has 0 bridgehead atoms. The van der Waals surface area contributed by atoms with Crippen LogP contribution in [0, 0.1) is 5.92 Å². The number of unbranched alkanes of at least 4 members (excludes halogenated alkanes) is 1. The van der Waals surface area contributed by atoms with Gasteiger partial charge in [0.25, 0.3) is 0 Å². The Morgan fingerprint density at radius 3 is 2.31 bits per heavy atom. The number of carboxylic acid groups (broad SMARTS) is 1. The largest absolute Gasteiger partial charge is 0.480 e. The lowest BCUT2D eigenvalue weighted by Crippen LogP contribution is -2.52. The molecule has 0 aliphatic carbocycles. The van der Waals surface area contributed by atoms with Crippen LogP contribution in [0.15, 0.2) is 30.3 Å². The zero-order valence-corrected chi connectivity index (χ0v) is 16.1. The molecule has 0 radical (unpaired) electrons. The number of aliphatic carboxylic acids is 1. The zero-order valence-electron chi connectivity index (χ0n) is 16.1. The summed E-state index contributed by atoms with van der Waals surface area (Å²) < 4.78 is 5.38.